The predicted octanol–water partition coefficient (Wildman–Crippen LogP) is 0.792. The second kappa shape index (κ2) is 6.73. The molecule has 0 saturated carbocycles. The molecule has 0 fully saturated rings. The third kappa shape index (κ3) is 7.27. The van der Waals surface area contributed by atoms with Gasteiger partial charge in [-0.1, -0.05) is 0 Å². The van der Waals surface area contributed by atoms with Crippen LogP contribution in [0, 0.1) is 0 Å². The highest BCUT2D eigenvalue weighted by molar-refractivity contribution is 5.85. The molecule has 0 radical (unpaired) electrons. The van der Waals surface area contributed by atoms with E-state index < -0.39 is 12.1 Å². The average molecular weight is 257 g/mol. The first-order valence-corrected chi connectivity index (χ1v) is 6.41. The molecule has 5 heteroatoms. The number of nitrogens with one attached hydrogen (secondary N) is 3. The van der Waals surface area contributed by atoms with E-state index in [0.29, 0.717) is 0 Å². The summed E-state index contributed by atoms with van der Waals surface area (Å²) in [4.78, 5) is 23.5. The normalized spacial score (nSPS) is 15.1. The third-order valence-corrected chi connectivity index (χ3v) is 2.22. The summed E-state index contributed by atoms with van der Waals surface area (Å²) < 4.78 is 0. The van der Waals surface area contributed by atoms with Crippen molar-refractivity contribution in [1.29, 1.82) is 0 Å². The molecule has 5 nitrogen and oxygen atoms in total. The zero-order valence-electron chi connectivity index (χ0n) is 12.5. The van der Waals surface area contributed by atoms with Crippen LogP contribution in [0.5, 0.6) is 0 Å². The van der Waals surface area contributed by atoms with Crippen molar-refractivity contribution in [3.05, 3.63) is 0 Å². The Bertz CT molecular complexity index is 295. The monoisotopic (exact) mass is 257 g/mol. The molecule has 0 bridgehead atoms. The molecule has 2 amide bonds. The van der Waals surface area contributed by atoms with Gasteiger partial charge in [-0.15, -0.1) is 0 Å². The van der Waals surface area contributed by atoms with Crippen LogP contribution in [0.1, 0.15) is 48.5 Å². The zero-order valence-corrected chi connectivity index (χ0v) is 12.5. The molecule has 0 aromatic carbocycles. The molecule has 0 aromatic heterocycles. The van der Waals surface area contributed by atoms with Crippen molar-refractivity contribution < 1.29 is 9.59 Å². The Morgan fingerprint density at radius 3 is 1.72 bits per heavy atom. The maximum atomic E-state index is 11.8. The smallest absolute Gasteiger partial charge is 0.237 e. The molecule has 0 saturated heterocycles. The van der Waals surface area contributed by atoms with Gasteiger partial charge >= 0.3 is 0 Å². The van der Waals surface area contributed by atoms with Crippen molar-refractivity contribution in [3.8, 4) is 0 Å². The van der Waals surface area contributed by atoms with Gasteiger partial charge in [0.05, 0.1) is 12.1 Å². The Morgan fingerprint density at radius 2 is 1.33 bits per heavy atom. The first-order chi connectivity index (χ1) is 8.03. The van der Waals surface area contributed by atoms with E-state index in [9.17, 15) is 9.59 Å². The first-order valence-electron chi connectivity index (χ1n) is 6.41. The van der Waals surface area contributed by atoms with Crippen LogP contribution in [0.25, 0.3) is 0 Å². The van der Waals surface area contributed by atoms with E-state index in [1.807, 2.05) is 34.6 Å². The van der Waals surface area contributed by atoms with E-state index in [4.69, 9.17) is 0 Å². The van der Waals surface area contributed by atoms with E-state index in [1.54, 1.807) is 13.8 Å². The van der Waals surface area contributed by atoms with Gasteiger partial charge in [0.1, 0.15) is 0 Å². The van der Waals surface area contributed by atoms with Crippen molar-refractivity contribution in [2.45, 2.75) is 72.1 Å². The highest BCUT2D eigenvalue weighted by Crippen LogP contribution is 2.00. The minimum Gasteiger partial charge on any atom is -0.353 e. The molecule has 0 heterocycles. The van der Waals surface area contributed by atoms with Gasteiger partial charge in [0.2, 0.25) is 11.8 Å². The molecule has 0 aliphatic carbocycles. The molecule has 0 spiro atoms. The van der Waals surface area contributed by atoms with E-state index in [1.165, 1.54) is 0 Å². The van der Waals surface area contributed by atoms with Crippen molar-refractivity contribution in [2.24, 2.45) is 0 Å². The SMILES string of the molecule is CC(C)NC(=O)C(C)NC(C)C(=O)NC(C)(C)C. The van der Waals surface area contributed by atoms with Gasteiger partial charge in [0.15, 0.2) is 0 Å². The van der Waals surface area contributed by atoms with Gasteiger partial charge in [-0.05, 0) is 48.5 Å². The fourth-order valence-corrected chi connectivity index (χ4v) is 1.41. The van der Waals surface area contributed by atoms with Crippen LogP contribution in [0.3, 0.4) is 0 Å². The van der Waals surface area contributed by atoms with Gasteiger partial charge in [0, 0.05) is 11.6 Å². The number of hydrogen-bond donors (Lipinski definition) is 3. The molecule has 3 N–H and O–H groups in total. The van der Waals surface area contributed by atoms with Crippen LogP contribution in [0.2, 0.25) is 0 Å². The molecule has 18 heavy (non-hydrogen) atoms. The van der Waals surface area contributed by atoms with Crippen molar-refractivity contribution in [1.82, 2.24) is 16.0 Å². The van der Waals surface area contributed by atoms with E-state index in [-0.39, 0.29) is 23.4 Å². The molecule has 0 rings (SSSR count). The maximum absolute atomic E-state index is 11.8. The third-order valence-electron chi connectivity index (χ3n) is 2.22. The van der Waals surface area contributed by atoms with Crippen LogP contribution in [-0.4, -0.2) is 35.5 Å². The van der Waals surface area contributed by atoms with Crippen LogP contribution in [0.15, 0.2) is 0 Å². The Morgan fingerprint density at radius 1 is 0.889 bits per heavy atom. The zero-order chi connectivity index (χ0) is 14.5. The fraction of sp³-hybridized carbons (Fsp3) is 0.846. The fourth-order valence-electron chi connectivity index (χ4n) is 1.41. The second-order valence-corrected chi connectivity index (χ2v) is 6.01. The van der Waals surface area contributed by atoms with Gasteiger partial charge < -0.3 is 10.6 Å². The largest absolute Gasteiger partial charge is 0.353 e. The summed E-state index contributed by atoms with van der Waals surface area (Å²) in [5, 5.41) is 8.66. The van der Waals surface area contributed by atoms with Gasteiger partial charge in [-0.3, -0.25) is 14.9 Å². The predicted molar refractivity (Wildman–Crippen MR) is 73.2 cm³/mol. The molecule has 2 unspecified atom stereocenters. The van der Waals surface area contributed by atoms with Crippen LogP contribution < -0.4 is 16.0 Å². The lowest BCUT2D eigenvalue weighted by atomic mass is 10.1. The summed E-state index contributed by atoms with van der Waals surface area (Å²) in [6.45, 7) is 13.1. The van der Waals surface area contributed by atoms with Crippen LogP contribution in [0.4, 0.5) is 0 Å². The summed E-state index contributed by atoms with van der Waals surface area (Å²) in [5.41, 5.74) is -0.267. The number of carbonyl (C=O) groups excluding carboxylic acids is 2. The van der Waals surface area contributed by atoms with Crippen LogP contribution in [-0.2, 0) is 9.59 Å². The lowest BCUT2D eigenvalue weighted by molar-refractivity contribution is -0.126. The molecule has 0 aliphatic rings. The lowest BCUT2D eigenvalue weighted by Gasteiger charge is -2.25. The Hall–Kier alpha value is -1.10. The summed E-state index contributed by atoms with van der Waals surface area (Å²) in [6.07, 6.45) is 0. The van der Waals surface area contributed by atoms with Gasteiger partial charge in [0.25, 0.3) is 0 Å². The number of rotatable bonds is 5. The molecule has 0 aliphatic heterocycles. The quantitative estimate of drug-likeness (QED) is 0.682. The Kier molecular flexibility index (Phi) is 6.32. The number of amides is 2. The highest BCUT2D eigenvalue weighted by Gasteiger charge is 2.22. The van der Waals surface area contributed by atoms with Crippen molar-refractivity contribution in [2.75, 3.05) is 0 Å². The standard InChI is InChI=1S/C13H27N3O2/c1-8(2)14-11(17)9(3)15-10(4)12(18)16-13(5,6)7/h8-10,15H,1-7H3,(H,14,17)(H,16,18). The lowest BCUT2D eigenvalue weighted by Crippen LogP contribution is -2.54. The second-order valence-electron chi connectivity index (χ2n) is 6.01. The minimum atomic E-state index is -0.405. The highest BCUT2D eigenvalue weighted by atomic mass is 16.2. The molecule has 0 aromatic rings. The van der Waals surface area contributed by atoms with Gasteiger partial charge in [-0.25, -0.2) is 0 Å². The molecular weight excluding hydrogens is 230 g/mol. The Labute approximate surface area is 110 Å². The summed E-state index contributed by atoms with van der Waals surface area (Å²) in [5.74, 6) is -0.202. The van der Waals surface area contributed by atoms with E-state index in [2.05, 4.69) is 16.0 Å². The summed E-state index contributed by atoms with van der Waals surface area (Å²) in [6, 6.07) is -0.703. The minimum absolute atomic E-state index is 0.0968. The van der Waals surface area contributed by atoms with Crippen molar-refractivity contribution in [3.63, 3.8) is 0 Å². The first kappa shape index (κ1) is 16.9. The maximum Gasteiger partial charge on any atom is 0.237 e. The molecular formula is C13H27N3O2. The van der Waals surface area contributed by atoms with E-state index in [0.717, 1.165) is 0 Å². The van der Waals surface area contributed by atoms with Gasteiger partial charge in [-0.2, -0.15) is 0 Å². The van der Waals surface area contributed by atoms with E-state index >= 15 is 0 Å². The number of carbonyl (C=O) groups is 2. The summed E-state index contributed by atoms with van der Waals surface area (Å²) >= 11 is 0. The van der Waals surface area contributed by atoms with Crippen molar-refractivity contribution >= 4 is 11.8 Å². The van der Waals surface area contributed by atoms with Crippen LogP contribution >= 0.6 is 0 Å². The molecule has 2 atom stereocenters. The summed E-state index contributed by atoms with van der Waals surface area (Å²) in [7, 11) is 0. The Balaban J connectivity index is 4.26. The average Bonchev–Trinajstić information content (AvgIpc) is 2.13. The number of hydrogen-bond acceptors (Lipinski definition) is 3. The molecule has 106 valence electrons. The topological polar surface area (TPSA) is 70.2 Å².